The number of carbonyl (C=O) groups excluding carboxylic acids is 1. The second-order valence-corrected chi connectivity index (χ2v) is 5.65. The van der Waals surface area contributed by atoms with Gasteiger partial charge >= 0.3 is 11.6 Å². The highest BCUT2D eigenvalue weighted by atomic mass is 16.6. The minimum absolute atomic E-state index is 0.136. The molecule has 2 aromatic rings. The minimum Gasteiger partial charge on any atom is -0.489 e. The number of rotatable bonds is 6. The predicted molar refractivity (Wildman–Crippen MR) is 83.0 cm³/mol. The number of esters is 1. The summed E-state index contributed by atoms with van der Waals surface area (Å²) in [6, 6.07) is 8.41. The normalized spacial score (nSPS) is 11.4. The number of ether oxygens (including phenoxy) is 2. The summed E-state index contributed by atoms with van der Waals surface area (Å²) in [6.45, 7) is 5.93. The molecule has 0 saturated carbocycles. The van der Waals surface area contributed by atoms with Crippen LogP contribution in [-0.4, -0.2) is 19.2 Å². The fraction of sp³-hybridized carbons (Fsp3) is 0.412. The maximum Gasteiger partial charge on any atom is 0.339 e. The number of para-hydroxylation sites is 1. The summed E-state index contributed by atoms with van der Waals surface area (Å²) >= 11 is 0. The maximum atomic E-state index is 11.8. The Balaban J connectivity index is 1.98. The molecule has 0 aliphatic heterocycles. The highest BCUT2D eigenvalue weighted by Gasteiger charge is 2.26. The van der Waals surface area contributed by atoms with Crippen LogP contribution in [0.15, 0.2) is 39.5 Å². The van der Waals surface area contributed by atoms with Crippen molar-refractivity contribution in [2.75, 3.05) is 13.2 Å². The number of carbonyl (C=O) groups is 1. The van der Waals surface area contributed by atoms with Crippen molar-refractivity contribution >= 4 is 16.9 Å². The monoisotopic (exact) mass is 304 g/mol. The van der Waals surface area contributed by atoms with Crippen LogP contribution in [0, 0.1) is 5.41 Å². The zero-order valence-electron chi connectivity index (χ0n) is 13.0. The van der Waals surface area contributed by atoms with Gasteiger partial charge in [-0.2, -0.15) is 0 Å². The van der Waals surface area contributed by atoms with Gasteiger partial charge in [-0.15, -0.1) is 0 Å². The standard InChI is InChI=1S/C17H20O5/c1-4-17(2,3)16(19)21-10-9-20-14-11-15(18)22-13-8-6-5-7-12(13)14/h5-8,11H,4,9-10H2,1-3H3. The molecular weight excluding hydrogens is 284 g/mol. The van der Waals surface area contributed by atoms with E-state index in [2.05, 4.69) is 0 Å². The van der Waals surface area contributed by atoms with Crippen LogP contribution >= 0.6 is 0 Å². The molecule has 0 amide bonds. The van der Waals surface area contributed by atoms with Gasteiger partial charge in [0.1, 0.15) is 24.5 Å². The maximum absolute atomic E-state index is 11.8. The molecule has 1 aromatic carbocycles. The summed E-state index contributed by atoms with van der Waals surface area (Å²) in [6.07, 6.45) is 0.705. The Hall–Kier alpha value is -2.30. The van der Waals surface area contributed by atoms with E-state index in [9.17, 15) is 9.59 Å². The molecule has 0 atom stereocenters. The van der Waals surface area contributed by atoms with Crippen LogP contribution in [-0.2, 0) is 9.53 Å². The Morgan fingerprint density at radius 2 is 1.95 bits per heavy atom. The quantitative estimate of drug-likeness (QED) is 0.466. The molecule has 0 saturated heterocycles. The first kappa shape index (κ1) is 16.1. The van der Waals surface area contributed by atoms with E-state index in [-0.39, 0.29) is 19.2 Å². The highest BCUT2D eigenvalue weighted by molar-refractivity contribution is 5.82. The van der Waals surface area contributed by atoms with Gasteiger partial charge in [-0.1, -0.05) is 19.1 Å². The average Bonchev–Trinajstić information content (AvgIpc) is 2.50. The molecule has 0 bridgehead atoms. The first-order chi connectivity index (χ1) is 10.4. The highest BCUT2D eigenvalue weighted by Crippen LogP contribution is 2.23. The molecule has 0 unspecified atom stereocenters. The number of fused-ring (bicyclic) bond motifs is 1. The lowest BCUT2D eigenvalue weighted by Gasteiger charge is -2.20. The molecule has 1 aromatic heterocycles. The largest absolute Gasteiger partial charge is 0.489 e. The van der Waals surface area contributed by atoms with Crippen LogP contribution in [0.3, 0.4) is 0 Å². The van der Waals surface area contributed by atoms with Gasteiger partial charge in [0.05, 0.1) is 16.9 Å². The summed E-state index contributed by atoms with van der Waals surface area (Å²) in [5, 5.41) is 0.710. The second-order valence-electron chi connectivity index (χ2n) is 5.65. The molecule has 2 rings (SSSR count). The van der Waals surface area contributed by atoms with Crippen LogP contribution in [0.1, 0.15) is 27.2 Å². The van der Waals surface area contributed by atoms with Gasteiger partial charge < -0.3 is 13.9 Å². The molecule has 118 valence electrons. The molecule has 0 aliphatic rings. The third-order valence-corrected chi connectivity index (χ3v) is 3.62. The number of hydrogen-bond donors (Lipinski definition) is 0. The van der Waals surface area contributed by atoms with Crippen LogP contribution in [0.5, 0.6) is 5.75 Å². The SMILES string of the molecule is CCC(C)(C)C(=O)OCCOc1cc(=O)oc2ccccc12. The van der Waals surface area contributed by atoms with Crippen molar-refractivity contribution in [2.24, 2.45) is 5.41 Å². The van der Waals surface area contributed by atoms with E-state index < -0.39 is 11.0 Å². The van der Waals surface area contributed by atoms with Gasteiger partial charge in [0.15, 0.2) is 0 Å². The van der Waals surface area contributed by atoms with Gasteiger partial charge in [0, 0.05) is 0 Å². The van der Waals surface area contributed by atoms with Crippen molar-refractivity contribution in [3.63, 3.8) is 0 Å². The van der Waals surface area contributed by atoms with E-state index in [0.717, 1.165) is 0 Å². The Bertz CT molecular complexity index is 714. The molecule has 5 nitrogen and oxygen atoms in total. The summed E-state index contributed by atoms with van der Waals surface area (Å²) < 4.78 is 15.8. The van der Waals surface area contributed by atoms with E-state index in [1.165, 1.54) is 6.07 Å². The van der Waals surface area contributed by atoms with E-state index in [1.807, 2.05) is 26.8 Å². The molecule has 0 fully saturated rings. The van der Waals surface area contributed by atoms with Crippen LogP contribution in [0.4, 0.5) is 0 Å². The fourth-order valence-electron chi connectivity index (χ4n) is 1.83. The summed E-state index contributed by atoms with van der Waals surface area (Å²) in [5.74, 6) is 0.175. The lowest BCUT2D eigenvalue weighted by Crippen LogP contribution is -2.27. The van der Waals surface area contributed by atoms with E-state index in [4.69, 9.17) is 13.9 Å². The van der Waals surface area contributed by atoms with Gasteiger partial charge in [-0.3, -0.25) is 4.79 Å². The van der Waals surface area contributed by atoms with Gasteiger partial charge in [0.2, 0.25) is 0 Å². The fourth-order valence-corrected chi connectivity index (χ4v) is 1.83. The zero-order chi connectivity index (χ0) is 16.2. The molecule has 1 heterocycles. The molecular formula is C17H20O5. The Kier molecular flexibility index (Phi) is 4.85. The van der Waals surface area contributed by atoms with Gasteiger partial charge in [-0.05, 0) is 32.4 Å². The first-order valence-electron chi connectivity index (χ1n) is 7.27. The summed E-state index contributed by atoms with van der Waals surface area (Å²) in [7, 11) is 0. The minimum atomic E-state index is -0.499. The second kappa shape index (κ2) is 6.64. The molecule has 22 heavy (non-hydrogen) atoms. The van der Waals surface area contributed by atoms with Crippen LogP contribution in [0.2, 0.25) is 0 Å². The van der Waals surface area contributed by atoms with Crippen molar-refractivity contribution < 1.29 is 18.7 Å². The van der Waals surface area contributed by atoms with Crippen molar-refractivity contribution in [1.82, 2.24) is 0 Å². The predicted octanol–water partition coefficient (Wildman–Crippen LogP) is 3.15. The van der Waals surface area contributed by atoms with Gasteiger partial charge in [0.25, 0.3) is 0 Å². The Morgan fingerprint density at radius 3 is 2.68 bits per heavy atom. The summed E-state index contributed by atoms with van der Waals surface area (Å²) in [4.78, 5) is 23.3. The zero-order valence-corrected chi connectivity index (χ0v) is 13.0. The van der Waals surface area contributed by atoms with E-state index >= 15 is 0 Å². The number of hydrogen-bond acceptors (Lipinski definition) is 5. The molecule has 0 spiro atoms. The summed E-state index contributed by atoms with van der Waals surface area (Å²) in [5.41, 5.74) is -0.507. The van der Waals surface area contributed by atoms with E-state index in [1.54, 1.807) is 18.2 Å². The first-order valence-corrected chi connectivity index (χ1v) is 7.27. The molecule has 0 radical (unpaired) electrons. The lowest BCUT2D eigenvalue weighted by atomic mass is 9.91. The number of benzene rings is 1. The Labute approximate surface area is 128 Å². The van der Waals surface area contributed by atoms with Crippen molar-refractivity contribution in [1.29, 1.82) is 0 Å². The molecule has 5 heteroatoms. The lowest BCUT2D eigenvalue weighted by molar-refractivity contribution is -0.154. The average molecular weight is 304 g/mol. The van der Waals surface area contributed by atoms with E-state index in [0.29, 0.717) is 23.1 Å². The topological polar surface area (TPSA) is 65.7 Å². The van der Waals surface area contributed by atoms with Crippen molar-refractivity contribution in [3.05, 3.63) is 40.8 Å². The van der Waals surface area contributed by atoms with Crippen molar-refractivity contribution in [3.8, 4) is 5.75 Å². The van der Waals surface area contributed by atoms with Crippen molar-refractivity contribution in [2.45, 2.75) is 27.2 Å². The van der Waals surface area contributed by atoms with Gasteiger partial charge in [-0.25, -0.2) is 4.79 Å². The molecule has 0 N–H and O–H groups in total. The molecule has 0 aliphatic carbocycles. The third-order valence-electron chi connectivity index (χ3n) is 3.62. The van der Waals surface area contributed by atoms with Crippen LogP contribution in [0.25, 0.3) is 11.0 Å². The van der Waals surface area contributed by atoms with Crippen LogP contribution < -0.4 is 10.4 Å². The third kappa shape index (κ3) is 3.67. The Morgan fingerprint density at radius 1 is 1.23 bits per heavy atom. The smallest absolute Gasteiger partial charge is 0.339 e.